The quantitative estimate of drug-likeness (QED) is 0.469. The van der Waals surface area contributed by atoms with E-state index in [0.29, 0.717) is 21.4 Å². The first kappa shape index (κ1) is 26.4. The number of nitrogens with one attached hydrogen (secondary N) is 1. The summed E-state index contributed by atoms with van der Waals surface area (Å²) in [4.78, 5) is 28.0. The summed E-state index contributed by atoms with van der Waals surface area (Å²) in [6, 6.07) is 12.4. The van der Waals surface area contributed by atoms with E-state index in [1.807, 2.05) is 24.3 Å². The molecule has 0 spiro atoms. The van der Waals surface area contributed by atoms with E-state index in [-0.39, 0.29) is 36.4 Å². The van der Waals surface area contributed by atoms with Crippen molar-refractivity contribution in [3.05, 3.63) is 63.6 Å². The summed E-state index contributed by atoms with van der Waals surface area (Å²) >= 11 is 12.8. The second-order valence-corrected chi connectivity index (χ2v) is 10.7. The zero-order valence-corrected chi connectivity index (χ0v) is 21.9. The van der Waals surface area contributed by atoms with Crippen molar-refractivity contribution >= 4 is 35.0 Å². The van der Waals surface area contributed by atoms with E-state index in [2.05, 4.69) is 26.1 Å². The number of rotatable bonds is 8. The number of amides is 2. The van der Waals surface area contributed by atoms with Gasteiger partial charge in [-0.2, -0.15) is 0 Å². The van der Waals surface area contributed by atoms with Gasteiger partial charge in [-0.25, -0.2) is 0 Å². The number of nitrogens with zero attached hydrogens (tertiary/aromatic N) is 1. The number of ether oxygens (including phenoxy) is 1. The number of benzene rings is 2. The van der Waals surface area contributed by atoms with Gasteiger partial charge in [0.05, 0.1) is 0 Å². The fourth-order valence-electron chi connectivity index (χ4n) is 4.26. The van der Waals surface area contributed by atoms with E-state index >= 15 is 0 Å². The molecule has 1 aliphatic rings. The van der Waals surface area contributed by atoms with Crippen LogP contribution >= 0.6 is 23.2 Å². The molecule has 2 amide bonds. The molecule has 0 aliphatic heterocycles. The summed E-state index contributed by atoms with van der Waals surface area (Å²) in [5.74, 6) is 0.162. The summed E-state index contributed by atoms with van der Waals surface area (Å²) in [5, 5.41) is 4.00. The van der Waals surface area contributed by atoms with E-state index in [4.69, 9.17) is 27.9 Å². The van der Waals surface area contributed by atoms with Gasteiger partial charge in [-0.15, -0.1) is 0 Å². The van der Waals surface area contributed by atoms with Crippen LogP contribution in [0.3, 0.4) is 0 Å². The van der Waals surface area contributed by atoms with Crippen LogP contribution in [0.25, 0.3) is 0 Å². The predicted octanol–water partition coefficient (Wildman–Crippen LogP) is 6.15. The summed E-state index contributed by atoms with van der Waals surface area (Å²) < 4.78 is 5.98. The Kier molecular flexibility index (Phi) is 8.89. The van der Waals surface area contributed by atoms with Crippen molar-refractivity contribution in [2.45, 2.75) is 77.4 Å². The second kappa shape index (κ2) is 11.5. The van der Waals surface area contributed by atoms with Crippen molar-refractivity contribution < 1.29 is 14.3 Å². The van der Waals surface area contributed by atoms with Gasteiger partial charge in [0.2, 0.25) is 5.91 Å². The highest BCUT2D eigenvalue weighted by Gasteiger charge is 2.30. The zero-order valence-electron chi connectivity index (χ0n) is 20.4. The monoisotopic (exact) mass is 504 g/mol. The molecule has 1 atom stereocenters. The fraction of sp³-hybridized carbons (Fsp3) is 0.481. The van der Waals surface area contributed by atoms with Crippen molar-refractivity contribution in [3.63, 3.8) is 0 Å². The Morgan fingerprint density at radius 3 is 2.29 bits per heavy atom. The van der Waals surface area contributed by atoms with Crippen LogP contribution in [0.4, 0.5) is 0 Å². The third-order valence-electron chi connectivity index (χ3n) is 6.31. The minimum Gasteiger partial charge on any atom is -0.483 e. The average molecular weight is 505 g/mol. The van der Waals surface area contributed by atoms with Crippen LogP contribution < -0.4 is 10.1 Å². The Morgan fingerprint density at radius 1 is 1.06 bits per heavy atom. The van der Waals surface area contributed by atoms with E-state index in [0.717, 1.165) is 31.2 Å². The van der Waals surface area contributed by atoms with Crippen molar-refractivity contribution in [2.24, 2.45) is 0 Å². The molecule has 0 bridgehead atoms. The SMILES string of the molecule is C[C@@H](C(=O)NC1CCCC1)N(Cc1c(Cl)cccc1Cl)C(=O)COc1ccccc1C(C)(C)C. The van der Waals surface area contributed by atoms with Gasteiger partial charge in [-0.3, -0.25) is 9.59 Å². The van der Waals surface area contributed by atoms with Crippen molar-refractivity contribution in [3.8, 4) is 5.75 Å². The van der Waals surface area contributed by atoms with Crippen molar-refractivity contribution in [2.75, 3.05) is 6.61 Å². The summed E-state index contributed by atoms with van der Waals surface area (Å²) in [7, 11) is 0. The summed E-state index contributed by atoms with van der Waals surface area (Å²) in [5.41, 5.74) is 1.48. The molecule has 34 heavy (non-hydrogen) atoms. The molecule has 5 nitrogen and oxygen atoms in total. The third-order valence-corrected chi connectivity index (χ3v) is 7.01. The molecule has 7 heteroatoms. The second-order valence-electron chi connectivity index (χ2n) is 9.92. The Bertz CT molecular complexity index is 993. The molecule has 0 heterocycles. The molecule has 0 unspecified atom stereocenters. The van der Waals surface area contributed by atoms with Crippen molar-refractivity contribution in [1.82, 2.24) is 10.2 Å². The molecular formula is C27H34Cl2N2O3. The van der Waals surface area contributed by atoms with Gasteiger partial charge in [-0.05, 0) is 48.9 Å². The first-order chi connectivity index (χ1) is 16.1. The van der Waals surface area contributed by atoms with E-state index in [1.54, 1.807) is 25.1 Å². The predicted molar refractivity (Wildman–Crippen MR) is 138 cm³/mol. The number of carbonyl (C=O) groups excluding carboxylic acids is 2. The highest BCUT2D eigenvalue weighted by atomic mass is 35.5. The maximum Gasteiger partial charge on any atom is 0.261 e. The number of halogens is 2. The van der Waals surface area contributed by atoms with Gasteiger partial charge in [0.15, 0.2) is 6.61 Å². The molecule has 1 N–H and O–H groups in total. The minimum atomic E-state index is -0.707. The lowest BCUT2D eigenvalue weighted by molar-refractivity contribution is -0.142. The van der Waals surface area contributed by atoms with Gasteiger partial charge in [-0.1, -0.05) is 81.1 Å². The Balaban J connectivity index is 1.81. The number of carbonyl (C=O) groups is 2. The fourth-order valence-corrected chi connectivity index (χ4v) is 4.78. The molecule has 3 rings (SSSR count). The van der Waals surface area contributed by atoms with Crippen LogP contribution in [-0.2, 0) is 21.5 Å². The van der Waals surface area contributed by atoms with Gasteiger partial charge in [0.25, 0.3) is 5.91 Å². The maximum absolute atomic E-state index is 13.4. The van der Waals surface area contributed by atoms with E-state index in [9.17, 15) is 9.59 Å². The normalized spacial score (nSPS) is 15.1. The van der Waals surface area contributed by atoms with E-state index in [1.165, 1.54) is 4.90 Å². The van der Waals surface area contributed by atoms with Gasteiger partial charge >= 0.3 is 0 Å². The highest BCUT2D eigenvalue weighted by molar-refractivity contribution is 6.36. The Labute approximate surface area is 212 Å². The van der Waals surface area contributed by atoms with Crippen LogP contribution in [0.15, 0.2) is 42.5 Å². The van der Waals surface area contributed by atoms with Crippen molar-refractivity contribution in [1.29, 1.82) is 0 Å². The van der Waals surface area contributed by atoms with Crippen LogP contribution in [0.2, 0.25) is 10.0 Å². The summed E-state index contributed by atoms with van der Waals surface area (Å²) in [6.45, 7) is 7.93. The summed E-state index contributed by atoms with van der Waals surface area (Å²) in [6.07, 6.45) is 4.15. The van der Waals surface area contributed by atoms with Crippen LogP contribution in [0.1, 0.15) is 64.5 Å². The lowest BCUT2D eigenvalue weighted by Crippen LogP contribution is -2.50. The standard InChI is InChI=1S/C27H34Cl2N2O3/c1-18(26(33)30-19-10-5-6-11-19)31(16-20-22(28)13-9-14-23(20)29)25(32)17-34-24-15-8-7-12-21(24)27(2,3)4/h7-9,12-15,18-19H,5-6,10-11,16-17H2,1-4H3,(H,30,33)/t18-/m0/s1. The minimum absolute atomic E-state index is 0.112. The maximum atomic E-state index is 13.4. The number of hydrogen-bond donors (Lipinski definition) is 1. The molecule has 0 aromatic heterocycles. The molecule has 2 aromatic carbocycles. The molecule has 184 valence electrons. The number of hydrogen-bond acceptors (Lipinski definition) is 3. The highest BCUT2D eigenvalue weighted by Crippen LogP contribution is 2.31. The number of para-hydroxylation sites is 1. The Morgan fingerprint density at radius 2 is 1.68 bits per heavy atom. The molecule has 1 saturated carbocycles. The van der Waals surface area contributed by atoms with Gasteiger partial charge in [0, 0.05) is 28.2 Å². The van der Waals surface area contributed by atoms with Gasteiger partial charge in [0.1, 0.15) is 11.8 Å². The topological polar surface area (TPSA) is 58.6 Å². The van der Waals surface area contributed by atoms with Crippen LogP contribution in [0.5, 0.6) is 5.75 Å². The largest absolute Gasteiger partial charge is 0.483 e. The molecular weight excluding hydrogens is 471 g/mol. The smallest absolute Gasteiger partial charge is 0.261 e. The first-order valence-electron chi connectivity index (χ1n) is 11.8. The Hall–Kier alpha value is -2.24. The average Bonchev–Trinajstić information content (AvgIpc) is 3.29. The van der Waals surface area contributed by atoms with Gasteiger partial charge < -0.3 is 15.0 Å². The lowest BCUT2D eigenvalue weighted by atomic mass is 9.86. The van der Waals surface area contributed by atoms with E-state index < -0.39 is 6.04 Å². The third kappa shape index (κ3) is 6.67. The zero-order chi connectivity index (χ0) is 24.9. The lowest BCUT2D eigenvalue weighted by Gasteiger charge is -2.30. The molecule has 2 aromatic rings. The first-order valence-corrected chi connectivity index (χ1v) is 12.6. The molecule has 1 aliphatic carbocycles. The van der Waals surface area contributed by atoms with Crippen LogP contribution in [0, 0.1) is 0 Å². The van der Waals surface area contributed by atoms with Crippen LogP contribution in [-0.4, -0.2) is 35.4 Å². The molecule has 0 saturated heterocycles. The molecule has 1 fully saturated rings. The molecule has 0 radical (unpaired) electrons.